The lowest BCUT2D eigenvalue weighted by atomic mass is 10.0. The zero-order chi connectivity index (χ0) is 17.8. The van der Waals surface area contributed by atoms with E-state index in [4.69, 9.17) is 15.2 Å². The van der Waals surface area contributed by atoms with Gasteiger partial charge in [0.2, 0.25) is 12.7 Å². The maximum Gasteiger partial charge on any atom is 0.257 e. The summed E-state index contributed by atoms with van der Waals surface area (Å²) in [6, 6.07) is 14.5. The van der Waals surface area contributed by atoms with Crippen LogP contribution in [0.4, 0.5) is 0 Å². The monoisotopic (exact) mass is 340 g/mol. The number of carbonyl (C=O) groups is 2. The van der Waals surface area contributed by atoms with Crippen LogP contribution < -0.4 is 15.2 Å². The summed E-state index contributed by atoms with van der Waals surface area (Å²) in [5.41, 5.74) is 6.84. The van der Waals surface area contributed by atoms with Gasteiger partial charge in [0.15, 0.2) is 11.5 Å². The molecule has 2 amide bonds. The zero-order valence-electron chi connectivity index (χ0n) is 14.0. The molecule has 0 unspecified atom stereocenters. The van der Waals surface area contributed by atoms with Crippen molar-refractivity contribution in [1.29, 1.82) is 0 Å². The Morgan fingerprint density at radius 1 is 1.12 bits per heavy atom. The van der Waals surface area contributed by atoms with Crippen LogP contribution in [-0.4, -0.2) is 36.6 Å². The molecule has 0 saturated heterocycles. The molecule has 0 aliphatic carbocycles. The molecule has 130 valence electrons. The molecule has 0 bridgehead atoms. The van der Waals surface area contributed by atoms with Crippen molar-refractivity contribution in [2.45, 2.75) is 18.9 Å². The summed E-state index contributed by atoms with van der Waals surface area (Å²) in [5.74, 6) is 0.314. The van der Waals surface area contributed by atoms with Crippen LogP contribution in [0.3, 0.4) is 0 Å². The van der Waals surface area contributed by atoms with Crippen molar-refractivity contribution in [3.63, 3.8) is 0 Å². The quantitative estimate of drug-likeness (QED) is 0.872. The number of amides is 2. The summed E-state index contributed by atoms with van der Waals surface area (Å²) in [6.45, 7) is 0.0953. The highest BCUT2D eigenvalue weighted by atomic mass is 16.7. The first-order chi connectivity index (χ1) is 12.1. The average Bonchev–Trinajstić information content (AvgIpc) is 3.09. The number of nitrogens with two attached hydrogens (primary N) is 1. The van der Waals surface area contributed by atoms with Crippen LogP contribution in [0, 0.1) is 0 Å². The van der Waals surface area contributed by atoms with E-state index in [1.54, 1.807) is 30.1 Å². The van der Waals surface area contributed by atoms with Gasteiger partial charge in [-0.2, -0.15) is 0 Å². The molecule has 1 aliphatic rings. The molecule has 0 spiro atoms. The van der Waals surface area contributed by atoms with Crippen LogP contribution >= 0.6 is 0 Å². The fraction of sp³-hybridized carbons (Fsp3) is 0.263. The second-order valence-corrected chi connectivity index (χ2v) is 5.97. The van der Waals surface area contributed by atoms with Crippen LogP contribution in [0.25, 0.3) is 0 Å². The van der Waals surface area contributed by atoms with Crippen molar-refractivity contribution in [3.05, 3.63) is 59.7 Å². The summed E-state index contributed by atoms with van der Waals surface area (Å²) in [7, 11) is 1.67. The number of likely N-dealkylation sites (N-methyl/N-ethyl adjacent to an activating group) is 1. The Bertz CT molecular complexity index is 776. The van der Waals surface area contributed by atoms with E-state index < -0.39 is 5.91 Å². The summed E-state index contributed by atoms with van der Waals surface area (Å²) < 4.78 is 10.7. The molecule has 0 aromatic heterocycles. The first kappa shape index (κ1) is 16.8. The number of ether oxygens (including phenoxy) is 2. The van der Waals surface area contributed by atoms with E-state index in [1.807, 2.05) is 30.3 Å². The highest BCUT2D eigenvalue weighted by molar-refractivity contribution is 5.98. The standard InChI is InChI=1S/C19H20N2O4/c1-21(14(11-17(20)22)10-13-6-3-2-4-7-13)19(23)15-8-5-9-16-18(15)25-12-24-16/h2-9,14H,10-12H2,1H3,(H2,20,22)/t14-/m0/s1. The normalized spacial score (nSPS) is 13.3. The fourth-order valence-electron chi connectivity index (χ4n) is 2.92. The van der Waals surface area contributed by atoms with E-state index >= 15 is 0 Å². The van der Waals surface area contributed by atoms with Crippen molar-refractivity contribution in [1.82, 2.24) is 4.90 Å². The molecule has 2 N–H and O–H groups in total. The maximum absolute atomic E-state index is 13.0. The van der Waals surface area contributed by atoms with Gasteiger partial charge in [-0.05, 0) is 24.1 Å². The highest BCUT2D eigenvalue weighted by Crippen LogP contribution is 2.36. The lowest BCUT2D eigenvalue weighted by molar-refractivity contribution is -0.118. The number of hydrogen-bond acceptors (Lipinski definition) is 4. The number of hydrogen-bond donors (Lipinski definition) is 1. The first-order valence-electron chi connectivity index (χ1n) is 8.04. The fourth-order valence-corrected chi connectivity index (χ4v) is 2.92. The molecule has 2 aromatic carbocycles. The number of primary amides is 1. The SMILES string of the molecule is CN(C(=O)c1cccc2c1OCO2)[C@H](CC(N)=O)Cc1ccccc1. The summed E-state index contributed by atoms with van der Waals surface area (Å²) in [6.07, 6.45) is 0.627. The molecular weight excluding hydrogens is 320 g/mol. The van der Waals surface area contributed by atoms with Crippen LogP contribution in [-0.2, 0) is 11.2 Å². The van der Waals surface area contributed by atoms with E-state index in [1.165, 1.54) is 0 Å². The topological polar surface area (TPSA) is 81.9 Å². The third-order valence-electron chi connectivity index (χ3n) is 4.25. The number of rotatable bonds is 6. The Hall–Kier alpha value is -3.02. The number of nitrogens with zero attached hydrogens (tertiary/aromatic N) is 1. The molecule has 1 atom stereocenters. The minimum Gasteiger partial charge on any atom is -0.454 e. The van der Waals surface area contributed by atoms with Crippen molar-refractivity contribution >= 4 is 11.8 Å². The van der Waals surface area contributed by atoms with Crippen LogP contribution in [0.5, 0.6) is 11.5 Å². The minimum atomic E-state index is -0.446. The Labute approximate surface area is 146 Å². The lowest BCUT2D eigenvalue weighted by Crippen LogP contribution is -2.41. The van der Waals surface area contributed by atoms with Crippen LogP contribution in [0.1, 0.15) is 22.3 Å². The Kier molecular flexibility index (Phi) is 4.88. The van der Waals surface area contributed by atoms with Crippen molar-refractivity contribution in [2.24, 2.45) is 5.73 Å². The van der Waals surface area contributed by atoms with E-state index in [-0.39, 0.29) is 25.2 Å². The molecule has 6 nitrogen and oxygen atoms in total. The van der Waals surface area contributed by atoms with Gasteiger partial charge in [0.05, 0.1) is 5.56 Å². The van der Waals surface area contributed by atoms with Gasteiger partial charge in [-0.25, -0.2) is 0 Å². The highest BCUT2D eigenvalue weighted by Gasteiger charge is 2.28. The van der Waals surface area contributed by atoms with Gasteiger partial charge >= 0.3 is 0 Å². The Balaban J connectivity index is 1.84. The van der Waals surface area contributed by atoms with Gasteiger partial charge in [-0.15, -0.1) is 0 Å². The Morgan fingerprint density at radius 3 is 2.60 bits per heavy atom. The second-order valence-electron chi connectivity index (χ2n) is 5.97. The predicted molar refractivity (Wildman–Crippen MR) is 92.4 cm³/mol. The molecule has 0 fully saturated rings. The second kappa shape index (κ2) is 7.25. The van der Waals surface area contributed by atoms with E-state index in [0.29, 0.717) is 23.5 Å². The molecule has 1 heterocycles. The average molecular weight is 340 g/mol. The number of fused-ring (bicyclic) bond motifs is 1. The zero-order valence-corrected chi connectivity index (χ0v) is 14.0. The number of carbonyl (C=O) groups excluding carboxylic acids is 2. The number of para-hydroxylation sites is 1. The molecule has 3 rings (SSSR count). The van der Waals surface area contributed by atoms with Crippen molar-refractivity contribution < 1.29 is 19.1 Å². The third-order valence-corrected chi connectivity index (χ3v) is 4.25. The molecule has 0 radical (unpaired) electrons. The molecule has 6 heteroatoms. The summed E-state index contributed by atoms with van der Waals surface area (Å²) >= 11 is 0. The molecule has 25 heavy (non-hydrogen) atoms. The lowest BCUT2D eigenvalue weighted by Gasteiger charge is -2.28. The molecule has 1 aliphatic heterocycles. The van der Waals surface area contributed by atoms with Gasteiger partial charge < -0.3 is 20.1 Å². The van der Waals surface area contributed by atoms with Gasteiger partial charge in [-0.1, -0.05) is 36.4 Å². The summed E-state index contributed by atoms with van der Waals surface area (Å²) in [4.78, 5) is 26.0. The van der Waals surface area contributed by atoms with Gasteiger partial charge in [0, 0.05) is 19.5 Å². The van der Waals surface area contributed by atoms with E-state index in [0.717, 1.165) is 5.56 Å². The summed E-state index contributed by atoms with van der Waals surface area (Å²) in [5, 5.41) is 0. The first-order valence-corrected chi connectivity index (χ1v) is 8.04. The van der Waals surface area contributed by atoms with E-state index in [9.17, 15) is 9.59 Å². The van der Waals surface area contributed by atoms with Crippen LogP contribution in [0.15, 0.2) is 48.5 Å². The van der Waals surface area contributed by atoms with E-state index in [2.05, 4.69) is 0 Å². The van der Waals surface area contributed by atoms with Crippen molar-refractivity contribution in [2.75, 3.05) is 13.8 Å². The smallest absolute Gasteiger partial charge is 0.257 e. The maximum atomic E-state index is 13.0. The molecular formula is C19H20N2O4. The van der Waals surface area contributed by atoms with Crippen LogP contribution in [0.2, 0.25) is 0 Å². The minimum absolute atomic E-state index is 0.0868. The Morgan fingerprint density at radius 2 is 1.88 bits per heavy atom. The predicted octanol–water partition coefficient (Wildman–Crippen LogP) is 1.97. The molecule has 0 saturated carbocycles. The van der Waals surface area contributed by atoms with Gasteiger partial charge in [0.1, 0.15) is 0 Å². The van der Waals surface area contributed by atoms with Crippen molar-refractivity contribution in [3.8, 4) is 11.5 Å². The number of benzene rings is 2. The third kappa shape index (κ3) is 3.74. The van der Waals surface area contributed by atoms with Gasteiger partial charge in [0.25, 0.3) is 5.91 Å². The molecule has 2 aromatic rings. The largest absolute Gasteiger partial charge is 0.454 e. The van der Waals surface area contributed by atoms with Gasteiger partial charge in [-0.3, -0.25) is 9.59 Å².